The molecule has 0 spiro atoms. The third kappa shape index (κ3) is 3.68. The van der Waals surface area contributed by atoms with Crippen molar-refractivity contribution in [3.8, 4) is 0 Å². The highest BCUT2D eigenvalue weighted by Crippen LogP contribution is 2.33. The summed E-state index contributed by atoms with van der Waals surface area (Å²) in [5.41, 5.74) is -0.599. The monoisotopic (exact) mass is 226 g/mol. The Hall–Kier alpha value is -1.32. The molecule has 90 valence electrons. The molecule has 0 atom stereocenters. The van der Waals surface area contributed by atoms with Gasteiger partial charge in [-0.05, 0) is 31.8 Å². The number of esters is 2. The van der Waals surface area contributed by atoms with Crippen molar-refractivity contribution in [1.82, 2.24) is 0 Å². The number of carbonyl (C=O) groups is 2. The van der Waals surface area contributed by atoms with E-state index in [9.17, 15) is 9.59 Å². The zero-order valence-electron chi connectivity index (χ0n) is 9.82. The number of methoxy groups -OCH3 is 1. The van der Waals surface area contributed by atoms with Crippen molar-refractivity contribution < 1.29 is 19.1 Å². The lowest BCUT2D eigenvalue weighted by atomic mass is 9.84. The molecule has 1 rings (SSSR count). The molecule has 0 amide bonds. The molecule has 0 saturated heterocycles. The first-order valence-electron chi connectivity index (χ1n) is 5.55. The van der Waals surface area contributed by atoms with Crippen molar-refractivity contribution in [2.45, 2.75) is 44.6 Å². The van der Waals surface area contributed by atoms with Gasteiger partial charge in [0, 0.05) is 13.0 Å². The minimum absolute atomic E-state index is 0.309. The van der Waals surface area contributed by atoms with Crippen LogP contribution in [0.4, 0.5) is 0 Å². The van der Waals surface area contributed by atoms with Gasteiger partial charge in [0.05, 0.1) is 7.11 Å². The Bertz CT molecular complexity index is 287. The van der Waals surface area contributed by atoms with E-state index >= 15 is 0 Å². The lowest BCUT2D eigenvalue weighted by molar-refractivity contribution is -0.155. The molecule has 0 aliphatic heterocycles. The van der Waals surface area contributed by atoms with Gasteiger partial charge in [0.25, 0.3) is 0 Å². The molecule has 0 bridgehead atoms. The summed E-state index contributed by atoms with van der Waals surface area (Å²) in [6, 6.07) is 0. The van der Waals surface area contributed by atoms with E-state index in [-0.39, 0.29) is 5.97 Å². The Balaban J connectivity index is 2.73. The van der Waals surface area contributed by atoms with E-state index in [0.29, 0.717) is 0 Å². The summed E-state index contributed by atoms with van der Waals surface area (Å²) < 4.78 is 9.87. The SMILES string of the molecule is COC(=O)C=CC1(OC(C)=O)CCCCC1. The fourth-order valence-corrected chi connectivity index (χ4v) is 2.03. The molecule has 1 saturated carbocycles. The Morgan fingerprint density at radius 3 is 2.31 bits per heavy atom. The van der Waals surface area contributed by atoms with Gasteiger partial charge in [-0.25, -0.2) is 4.79 Å². The fraction of sp³-hybridized carbons (Fsp3) is 0.667. The van der Waals surface area contributed by atoms with Crippen LogP contribution in [0.1, 0.15) is 39.0 Å². The molecule has 1 aliphatic rings. The lowest BCUT2D eigenvalue weighted by Crippen LogP contribution is -2.34. The number of hydrogen-bond acceptors (Lipinski definition) is 4. The normalized spacial score (nSPS) is 19.4. The summed E-state index contributed by atoms with van der Waals surface area (Å²) in [5, 5.41) is 0. The molecule has 4 nitrogen and oxygen atoms in total. The molecule has 0 aromatic carbocycles. The van der Waals surface area contributed by atoms with Crippen molar-refractivity contribution in [3.05, 3.63) is 12.2 Å². The molecule has 0 heterocycles. The Kier molecular flexibility index (Phi) is 4.52. The predicted octanol–water partition coefficient (Wildman–Crippen LogP) is 1.98. The predicted molar refractivity (Wildman–Crippen MR) is 58.7 cm³/mol. The zero-order chi connectivity index (χ0) is 12.0. The van der Waals surface area contributed by atoms with Crippen LogP contribution in [0.3, 0.4) is 0 Å². The van der Waals surface area contributed by atoms with E-state index in [4.69, 9.17) is 4.74 Å². The average molecular weight is 226 g/mol. The molecule has 0 radical (unpaired) electrons. The van der Waals surface area contributed by atoms with Crippen LogP contribution in [0.2, 0.25) is 0 Å². The lowest BCUT2D eigenvalue weighted by Gasteiger charge is -2.33. The third-order valence-corrected chi connectivity index (χ3v) is 2.77. The first-order chi connectivity index (χ1) is 7.58. The summed E-state index contributed by atoms with van der Waals surface area (Å²) >= 11 is 0. The number of rotatable bonds is 3. The zero-order valence-corrected chi connectivity index (χ0v) is 9.82. The van der Waals surface area contributed by atoms with Crippen LogP contribution >= 0.6 is 0 Å². The van der Waals surface area contributed by atoms with E-state index in [1.54, 1.807) is 6.08 Å². The van der Waals surface area contributed by atoms with Crippen LogP contribution in [0.5, 0.6) is 0 Å². The van der Waals surface area contributed by atoms with E-state index in [1.807, 2.05) is 0 Å². The van der Waals surface area contributed by atoms with Crippen molar-refractivity contribution in [3.63, 3.8) is 0 Å². The van der Waals surface area contributed by atoms with Gasteiger partial charge in [-0.1, -0.05) is 6.42 Å². The quantitative estimate of drug-likeness (QED) is 0.545. The molecule has 16 heavy (non-hydrogen) atoms. The Labute approximate surface area is 95.6 Å². The highest BCUT2D eigenvalue weighted by Gasteiger charge is 2.32. The van der Waals surface area contributed by atoms with Crippen molar-refractivity contribution in [2.75, 3.05) is 7.11 Å². The molecular formula is C12H18O4. The van der Waals surface area contributed by atoms with Crippen LogP contribution < -0.4 is 0 Å². The minimum Gasteiger partial charge on any atom is -0.466 e. The van der Waals surface area contributed by atoms with Crippen LogP contribution in [-0.4, -0.2) is 24.6 Å². The smallest absolute Gasteiger partial charge is 0.330 e. The fourth-order valence-electron chi connectivity index (χ4n) is 2.03. The summed E-state index contributed by atoms with van der Waals surface area (Å²) in [6.07, 6.45) is 7.74. The van der Waals surface area contributed by atoms with Crippen LogP contribution in [0, 0.1) is 0 Å². The molecule has 0 aromatic rings. The Morgan fingerprint density at radius 1 is 1.19 bits per heavy atom. The van der Waals surface area contributed by atoms with E-state index in [2.05, 4.69) is 4.74 Å². The van der Waals surface area contributed by atoms with Gasteiger partial charge < -0.3 is 9.47 Å². The number of ether oxygens (including phenoxy) is 2. The molecule has 4 heteroatoms. The van der Waals surface area contributed by atoms with Gasteiger partial charge in [0.1, 0.15) is 5.60 Å². The number of carbonyl (C=O) groups excluding carboxylic acids is 2. The van der Waals surface area contributed by atoms with Gasteiger partial charge in [-0.3, -0.25) is 4.79 Å². The Morgan fingerprint density at radius 2 is 1.81 bits per heavy atom. The van der Waals surface area contributed by atoms with E-state index in [1.165, 1.54) is 20.1 Å². The maximum absolute atomic E-state index is 11.1. The first-order valence-corrected chi connectivity index (χ1v) is 5.55. The summed E-state index contributed by atoms with van der Waals surface area (Å²) in [7, 11) is 1.33. The largest absolute Gasteiger partial charge is 0.466 e. The van der Waals surface area contributed by atoms with E-state index in [0.717, 1.165) is 32.1 Å². The van der Waals surface area contributed by atoms with Crippen LogP contribution in [-0.2, 0) is 19.1 Å². The van der Waals surface area contributed by atoms with Gasteiger partial charge in [0.15, 0.2) is 0 Å². The van der Waals surface area contributed by atoms with Crippen LogP contribution in [0.15, 0.2) is 12.2 Å². The molecule has 0 aromatic heterocycles. The second-order valence-electron chi connectivity index (χ2n) is 4.08. The topological polar surface area (TPSA) is 52.6 Å². The maximum Gasteiger partial charge on any atom is 0.330 e. The highest BCUT2D eigenvalue weighted by molar-refractivity contribution is 5.82. The average Bonchev–Trinajstić information content (AvgIpc) is 2.26. The molecule has 0 N–H and O–H groups in total. The van der Waals surface area contributed by atoms with Crippen molar-refractivity contribution in [2.24, 2.45) is 0 Å². The number of hydrogen-bond donors (Lipinski definition) is 0. The standard InChI is InChI=1S/C12H18O4/c1-10(13)16-12(7-4-3-5-8-12)9-6-11(14)15-2/h6,9H,3-5,7-8H2,1-2H3. The van der Waals surface area contributed by atoms with Crippen LogP contribution in [0.25, 0.3) is 0 Å². The third-order valence-electron chi connectivity index (χ3n) is 2.77. The van der Waals surface area contributed by atoms with Gasteiger partial charge in [0.2, 0.25) is 0 Å². The molecule has 1 fully saturated rings. The minimum atomic E-state index is -0.599. The highest BCUT2D eigenvalue weighted by atomic mass is 16.6. The first kappa shape index (κ1) is 12.7. The summed E-state index contributed by atoms with van der Waals surface area (Å²) in [5.74, 6) is -0.728. The maximum atomic E-state index is 11.1. The second-order valence-corrected chi connectivity index (χ2v) is 4.08. The molecular weight excluding hydrogens is 208 g/mol. The molecule has 0 unspecified atom stereocenters. The molecule has 1 aliphatic carbocycles. The van der Waals surface area contributed by atoms with Crippen molar-refractivity contribution >= 4 is 11.9 Å². The van der Waals surface area contributed by atoms with Gasteiger partial charge in [-0.15, -0.1) is 0 Å². The van der Waals surface area contributed by atoms with Crippen molar-refractivity contribution in [1.29, 1.82) is 0 Å². The summed E-state index contributed by atoms with van der Waals surface area (Å²) in [4.78, 5) is 22.1. The second kappa shape index (κ2) is 5.68. The van der Waals surface area contributed by atoms with Gasteiger partial charge >= 0.3 is 11.9 Å². The summed E-state index contributed by atoms with van der Waals surface area (Å²) in [6.45, 7) is 1.39. The van der Waals surface area contributed by atoms with Gasteiger partial charge in [-0.2, -0.15) is 0 Å². The van der Waals surface area contributed by atoms with E-state index < -0.39 is 11.6 Å².